The Hall–Kier alpha value is -0.980. The summed E-state index contributed by atoms with van der Waals surface area (Å²) in [4.78, 5) is 14.8. The van der Waals surface area contributed by atoms with Gasteiger partial charge in [0, 0.05) is 30.7 Å². The molecule has 1 amide bonds. The zero-order chi connectivity index (χ0) is 17.0. The lowest BCUT2D eigenvalue weighted by atomic mass is 10.0. The van der Waals surface area contributed by atoms with Crippen molar-refractivity contribution in [3.63, 3.8) is 0 Å². The molecule has 1 heterocycles. The number of piperazine rings is 1. The van der Waals surface area contributed by atoms with Crippen LogP contribution in [0.25, 0.3) is 0 Å². The third-order valence-corrected chi connectivity index (χ3v) is 4.81. The third-order valence-electron chi connectivity index (χ3n) is 4.22. The number of methoxy groups -OCH3 is 1. The van der Waals surface area contributed by atoms with Crippen LogP contribution in [0, 0.1) is 0 Å². The van der Waals surface area contributed by atoms with Crippen molar-refractivity contribution in [1.29, 1.82) is 0 Å². The summed E-state index contributed by atoms with van der Waals surface area (Å²) in [6.07, 6.45) is 0.909. The molecule has 1 N–H and O–H groups in total. The molecule has 5 nitrogen and oxygen atoms in total. The van der Waals surface area contributed by atoms with Gasteiger partial charge in [0.05, 0.1) is 18.2 Å². The average Bonchev–Trinajstić information content (AvgIpc) is 2.55. The summed E-state index contributed by atoms with van der Waals surface area (Å²) in [6.45, 7) is 8.34. The van der Waals surface area contributed by atoms with Gasteiger partial charge in [-0.25, -0.2) is 0 Å². The van der Waals surface area contributed by atoms with Crippen molar-refractivity contribution in [3.8, 4) is 11.5 Å². The quantitative estimate of drug-likeness (QED) is 0.791. The van der Waals surface area contributed by atoms with Crippen molar-refractivity contribution in [2.24, 2.45) is 0 Å². The molecule has 0 spiro atoms. The van der Waals surface area contributed by atoms with Gasteiger partial charge in [0.15, 0.2) is 11.5 Å². The second kappa shape index (κ2) is 9.49. The van der Waals surface area contributed by atoms with Crippen molar-refractivity contribution in [1.82, 2.24) is 10.2 Å². The molecule has 1 aromatic rings. The molecule has 1 saturated heterocycles. The van der Waals surface area contributed by atoms with Gasteiger partial charge in [-0.2, -0.15) is 0 Å². The Morgan fingerprint density at radius 1 is 1.42 bits per heavy atom. The van der Waals surface area contributed by atoms with Gasteiger partial charge in [0.2, 0.25) is 0 Å². The number of nitrogens with one attached hydrogen (secondary N) is 1. The molecule has 0 saturated carbocycles. The van der Waals surface area contributed by atoms with E-state index in [1.54, 1.807) is 13.2 Å². The smallest absolute Gasteiger partial charge is 0.254 e. The van der Waals surface area contributed by atoms with Crippen LogP contribution in [-0.4, -0.2) is 49.7 Å². The Morgan fingerprint density at radius 2 is 2.12 bits per heavy atom. The monoisotopic (exact) mass is 420 g/mol. The van der Waals surface area contributed by atoms with E-state index in [9.17, 15) is 4.79 Å². The lowest BCUT2D eigenvalue weighted by Crippen LogP contribution is -2.57. The minimum atomic E-state index is 0. The molecule has 0 aromatic heterocycles. The van der Waals surface area contributed by atoms with Crippen molar-refractivity contribution in [3.05, 3.63) is 22.2 Å². The minimum absolute atomic E-state index is 0. The molecule has 7 heteroatoms. The van der Waals surface area contributed by atoms with E-state index in [0.717, 1.165) is 17.4 Å². The molecule has 1 aliphatic rings. The molecule has 0 radical (unpaired) electrons. The number of halogens is 2. The third kappa shape index (κ3) is 4.55. The predicted molar refractivity (Wildman–Crippen MR) is 102 cm³/mol. The number of amides is 1. The molecule has 2 rings (SSSR count). The maximum absolute atomic E-state index is 12.9. The van der Waals surface area contributed by atoms with Crippen molar-refractivity contribution >= 4 is 34.2 Å². The van der Waals surface area contributed by atoms with Crippen LogP contribution in [0.3, 0.4) is 0 Å². The Morgan fingerprint density at radius 3 is 2.75 bits per heavy atom. The van der Waals surface area contributed by atoms with E-state index in [1.807, 2.05) is 17.9 Å². The summed E-state index contributed by atoms with van der Waals surface area (Å²) >= 11 is 3.50. The highest BCUT2D eigenvalue weighted by molar-refractivity contribution is 9.10. The van der Waals surface area contributed by atoms with Gasteiger partial charge in [0.1, 0.15) is 0 Å². The number of hydrogen-bond acceptors (Lipinski definition) is 4. The van der Waals surface area contributed by atoms with Crippen molar-refractivity contribution in [2.45, 2.75) is 39.3 Å². The highest BCUT2D eigenvalue weighted by Gasteiger charge is 2.29. The number of hydrogen-bond donors (Lipinski definition) is 1. The minimum Gasteiger partial charge on any atom is -0.493 e. The molecule has 1 fully saturated rings. The largest absolute Gasteiger partial charge is 0.493 e. The molecule has 0 bridgehead atoms. The zero-order valence-corrected chi connectivity index (χ0v) is 17.0. The lowest BCUT2D eigenvalue weighted by Gasteiger charge is -2.38. The fourth-order valence-electron chi connectivity index (χ4n) is 2.70. The van der Waals surface area contributed by atoms with Gasteiger partial charge >= 0.3 is 0 Å². The van der Waals surface area contributed by atoms with Gasteiger partial charge in [-0.1, -0.05) is 6.92 Å². The SMILES string of the molecule is CCCOc1c(Br)cc(C(=O)N2CCNC(C)C2C)cc1OC.Cl. The Bertz CT molecular complexity index is 571. The van der Waals surface area contributed by atoms with E-state index < -0.39 is 0 Å². The number of carbonyl (C=O) groups is 1. The summed E-state index contributed by atoms with van der Waals surface area (Å²) < 4.78 is 11.9. The molecule has 2 unspecified atom stereocenters. The van der Waals surface area contributed by atoms with Crippen LogP contribution < -0.4 is 14.8 Å². The van der Waals surface area contributed by atoms with Crippen molar-refractivity contribution < 1.29 is 14.3 Å². The molecule has 0 aliphatic carbocycles. The second-order valence-electron chi connectivity index (χ2n) is 5.82. The predicted octanol–water partition coefficient (Wildman–Crippen LogP) is 3.49. The summed E-state index contributed by atoms with van der Waals surface area (Å²) in [5, 5.41) is 3.39. The second-order valence-corrected chi connectivity index (χ2v) is 6.67. The highest BCUT2D eigenvalue weighted by Crippen LogP contribution is 2.37. The Labute approximate surface area is 158 Å². The first-order chi connectivity index (χ1) is 11.0. The zero-order valence-electron chi connectivity index (χ0n) is 14.6. The van der Waals surface area contributed by atoms with Crippen molar-refractivity contribution in [2.75, 3.05) is 26.8 Å². The number of carbonyl (C=O) groups excluding carboxylic acids is 1. The van der Waals surface area contributed by atoms with E-state index in [2.05, 4.69) is 35.1 Å². The fourth-order valence-corrected chi connectivity index (χ4v) is 3.25. The summed E-state index contributed by atoms with van der Waals surface area (Å²) in [6, 6.07) is 4.01. The van der Waals surface area contributed by atoms with Gasteiger partial charge < -0.3 is 19.7 Å². The topological polar surface area (TPSA) is 50.8 Å². The Kier molecular flexibility index (Phi) is 8.33. The molecule has 2 atom stereocenters. The van der Waals surface area contributed by atoms with Gasteiger partial charge in [-0.3, -0.25) is 4.79 Å². The maximum atomic E-state index is 12.9. The normalized spacial score (nSPS) is 20.3. The maximum Gasteiger partial charge on any atom is 0.254 e. The lowest BCUT2D eigenvalue weighted by molar-refractivity contribution is 0.0602. The molecule has 24 heavy (non-hydrogen) atoms. The van der Waals surface area contributed by atoms with Crippen LogP contribution in [0.5, 0.6) is 11.5 Å². The van der Waals surface area contributed by atoms with Crippen LogP contribution in [-0.2, 0) is 0 Å². The van der Waals surface area contributed by atoms with Gasteiger partial charge in [-0.15, -0.1) is 12.4 Å². The summed E-state index contributed by atoms with van der Waals surface area (Å²) in [5.74, 6) is 1.24. The standard InChI is InChI=1S/C17H25BrN2O3.ClH/c1-5-8-23-16-14(18)9-13(10-15(16)22-4)17(21)20-7-6-19-11(2)12(20)3;/h9-12,19H,5-8H2,1-4H3;1H. The van der Waals surface area contributed by atoms with Gasteiger partial charge in [0.25, 0.3) is 5.91 Å². The van der Waals surface area contributed by atoms with Crippen LogP contribution >= 0.6 is 28.3 Å². The number of nitrogens with zero attached hydrogens (tertiary/aromatic N) is 1. The van der Waals surface area contributed by atoms with Crippen LogP contribution in [0.1, 0.15) is 37.6 Å². The van der Waals surface area contributed by atoms with E-state index in [4.69, 9.17) is 9.47 Å². The molecule has 136 valence electrons. The molecule has 1 aromatic carbocycles. The number of ether oxygens (including phenoxy) is 2. The van der Waals surface area contributed by atoms with Crippen LogP contribution in [0.15, 0.2) is 16.6 Å². The first-order valence-corrected chi connectivity index (χ1v) is 8.83. The van der Waals surface area contributed by atoms with E-state index in [-0.39, 0.29) is 30.4 Å². The number of rotatable bonds is 5. The van der Waals surface area contributed by atoms with Crippen LogP contribution in [0.4, 0.5) is 0 Å². The van der Waals surface area contributed by atoms with Gasteiger partial charge in [-0.05, 0) is 48.3 Å². The summed E-state index contributed by atoms with van der Waals surface area (Å²) in [5.41, 5.74) is 0.610. The molecular weight excluding hydrogens is 396 g/mol. The number of benzene rings is 1. The average molecular weight is 422 g/mol. The summed E-state index contributed by atoms with van der Waals surface area (Å²) in [7, 11) is 1.59. The van der Waals surface area contributed by atoms with E-state index in [1.165, 1.54) is 0 Å². The van der Waals surface area contributed by atoms with Crippen LogP contribution in [0.2, 0.25) is 0 Å². The first kappa shape index (κ1) is 21.1. The highest BCUT2D eigenvalue weighted by atomic mass is 79.9. The molecule has 1 aliphatic heterocycles. The fraction of sp³-hybridized carbons (Fsp3) is 0.588. The van der Waals surface area contributed by atoms with E-state index in [0.29, 0.717) is 30.2 Å². The van der Waals surface area contributed by atoms with E-state index >= 15 is 0 Å². The molecular formula is C17H26BrClN2O3. The first-order valence-electron chi connectivity index (χ1n) is 8.04. The Balaban J connectivity index is 0.00000288.